The molecule has 0 radical (unpaired) electrons. The van der Waals surface area contributed by atoms with Crippen molar-refractivity contribution >= 4 is 33.3 Å². The maximum atomic E-state index is 13.6. The molecule has 0 aliphatic carbocycles. The number of aromatic nitrogens is 1. The van der Waals surface area contributed by atoms with E-state index < -0.39 is 35.6 Å². The maximum absolute atomic E-state index is 13.6. The number of ether oxygens (including phenoxy) is 2. The largest absolute Gasteiger partial charge is 0.457 e. The van der Waals surface area contributed by atoms with Crippen LogP contribution in [0.15, 0.2) is 30.9 Å². The zero-order valence-corrected chi connectivity index (χ0v) is 23.9. The van der Waals surface area contributed by atoms with E-state index in [1.54, 1.807) is 31.3 Å². The zero-order chi connectivity index (χ0) is 27.8. The number of aliphatic hydroxyl groups is 2. The van der Waals surface area contributed by atoms with Crippen LogP contribution in [0.3, 0.4) is 0 Å². The van der Waals surface area contributed by atoms with Crippen LogP contribution in [0, 0.1) is 24.2 Å². The van der Waals surface area contributed by atoms with Crippen molar-refractivity contribution in [2.45, 2.75) is 103 Å². The maximum Gasteiger partial charge on any atom is 0.309 e. The summed E-state index contributed by atoms with van der Waals surface area (Å²) in [6.45, 7) is 13.0. The number of epoxide rings is 1. The van der Waals surface area contributed by atoms with Gasteiger partial charge in [-0.25, -0.2) is 4.98 Å². The Bertz CT molecular complexity index is 1190. The van der Waals surface area contributed by atoms with E-state index in [9.17, 15) is 19.8 Å². The van der Waals surface area contributed by atoms with Gasteiger partial charge in [-0.15, -0.1) is 17.9 Å². The lowest BCUT2D eigenvalue weighted by Gasteiger charge is -2.35. The van der Waals surface area contributed by atoms with Gasteiger partial charge in [0, 0.05) is 12.3 Å². The molecule has 0 saturated carbocycles. The third-order valence-electron chi connectivity index (χ3n) is 8.54. The summed E-state index contributed by atoms with van der Waals surface area (Å²) in [5.74, 6) is -1.68. The van der Waals surface area contributed by atoms with Crippen molar-refractivity contribution < 1.29 is 29.3 Å². The summed E-state index contributed by atoms with van der Waals surface area (Å²) in [5, 5.41) is 23.2. The summed E-state index contributed by atoms with van der Waals surface area (Å²) in [6, 6.07) is 5.92. The fourth-order valence-electron chi connectivity index (χ4n) is 5.70. The summed E-state index contributed by atoms with van der Waals surface area (Å²) in [5.41, 5.74) is 0.115. The van der Waals surface area contributed by atoms with Crippen molar-refractivity contribution in [3.63, 3.8) is 0 Å². The Kier molecular flexibility index (Phi) is 8.48. The number of carbonyl (C=O) groups excluding carboxylic acids is 2. The van der Waals surface area contributed by atoms with Gasteiger partial charge in [-0.1, -0.05) is 39.3 Å². The minimum Gasteiger partial charge on any atom is -0.457 e. The van der Waals surface area contributed by atoms with Crippen molar-refractivity contribution in [2.75, 3.05) is 0 Å². The average Bonchev–Trinajstić information content (AvgIpc) is 3.32. The predicted molar refractivity (Wildman–Crippen MR) is 148 cm³/mol. The Balaban J connectivity index is 1.63. The predicted octanol–water partition coefficient (Wildman–Crippen LogP) is 5.46. The van der Waals surface area contributed by atoms with Crippen LogP contribution < -0.4 is 0 Å². The van der Waals surface area contributed by atoms with Gasteiger partial charge in [0.1, 0.15) is 11.9 Å². The third kappa shape index (κ3) is 6.03. The number of hydrogen-bond acceptors (Lipinski definition) is 8. The first kappa shape index (κ1) is 28.9. The lowest BCUT2D eigenvalue weighted by Crippen LogP contribution is -2.46. The van der Waals surface area contributed by atoms with Gasteiger partial charge in [0.2, 0.25) is 0 Å². The number of esters is 1. The van der Waals surface area contributed by atoms with E-state index in [1.807, 2.05) is 32.0 Å². The number of hydrogen-bond donors (Lipinski definition) is 2. The van der Waals surface area contributed by atoms with Crippen molar-refractivity contribution in [3.05, 3.63) is 41.4 Å². The van der Waals surface area contributed by atoms with Gasteiger partial charge >= 0.3 is 5.97 Å². The molecule has 1 aromatic carbocycles. The SMILES string of the molecule is C=CC[C@H]1C(=O)C(C)(C)[C@@H](O)CC(=O)OC(c2ccc3sc(C)nc3c2)C[C@@H]2O[C@]2(C)CCC[C@H](C)[C@@H]1O. The Labute approximate surface area is 229 Å². The van der Waals surface area contributed by atoms with E-state index in [1.165, 1.54) is 0 Å². The van der Waals surface area contributed by atoms with E-state index in [0.717, 1.165) is 40.1 Å². The molecule has 2 N–H and O–H groups in total. The number of fused-ring (bicyclic) bond motifs is 2. The highest BCUT2D eigenvalue weighted by Gasteiger charge is 2.53. The zero-order valence-electron chi connectivity index (χ0n) is 23.1. The van der Waals surface area contributed by atoms with E-state index in [-0.39, 0.29) is 29.8 Å². The summed E-state index contributed by atoms with van der Waals surface area (Å²) < 4.78 is 13.2. The Morgan fingerprint density at radius 3 is 2.68 bits per heavy atom. The average molecular weight is 544 g/mol. The van der Waals surface area contributed by atoms with E-state index in [0.29, 0.717) is 12.8 Å². The monoisotopic (exact) mass is 543 g/mol. The summed E-state index contributed by atoms with van der Waals surface area (Å²) in [4.78, 5) is 31.3. The number of nitrogens with zero attached hydrogens (tertiary/aromatic N) is 1. The van der Waals surface area contributed by atoms with Crippen LogP contribution in [0.25, 0.3) is 10.2 Å². The molecule has 2 aliphatic rings. The minimum absolute atomic E-state index is 0.0715. The van der Waals surface area contributed by atoms with Crippen LogP contribution in [0.2, 0.25) is 0 Å². The van der Waals surface area contributed by atoms with Crippen LogP contribution >= 0.6 is 11.3 Å². The number of benzene rings is 1. The normalized spacial score (nSPS) is 34.9. The third-order valence-corrected chi connectivity index (χ3v) is 9.49. The fraction of sp³-hybridized carbons (Fsp3) is 0.633. The van der Waals surface area contributed by atoms with E-state index >= 15 is 0 Å². The van der Waals surface area contributed by atoms with Crippen molar-refractivity contribution in [3.8, 4) is 0 Å². The summed E-state index contributed by atoms with van der Waals surface area (Å²) in [7, 11) is 0. The molecule has 8 heteroatoms. The molecular formula is C30H41NO6S. The molecule has 7 nitrogen and oxygen atoms in total. The molecule has 2 aliphatic heterocycles. The number of aryl methyl sites for hydroxylation is 1. The van der Waals surface area contributed by atoms with Crippen LogP contribution in [-0.4, -0.2) is 50.9 Å². The van der Waals surface area contributed by atoms with Gasteiger partial charge < -0.3 is 19.7 Å². The number of carbonyl (C=O) groups is 2. The number of aliphatic hydroxyl groups excluding tert-OH is 2. The van der Waals surface area contributed by atoms with Crippen LogP contribution in [0.4, 0.5) is 0 Å². The van der Waals surface area contributed by atoms with Crippen LogP contribution in [-0.2, 0) is 19.1 Å². The second kappa shape index (κ2) is 11.2. The first-order valence-electron chi connectivity index (χ1n) is 13.6. The molecule has 4 rings (SSSR count). The molecule has 2 saturated heterocycles. The van der Waals surface area contributed by atoms with Crippen molar-refractivity contribution in [1.29, 1.82) is 0 Å². The molecule has 38 heavy (non-hydrogen) atoms. The molecule has 7 atom stereocenters. The number of thiazole rings is 1. The molecule has 208 valence electrons. The Hall–Kier alpha value is -2.13. The molecule has 2 fully saturated rings. The van der Waals surface area contributed by atoms with E-state index in [4.69, 9.17) is 9.47 Å². The molecule has 1 unspecified atom stereocenters. The Morgan fingerprint density at radius 2 is 1.97 bits per heavy atom. The molecule has 2 aromatic rings. The summed E-state index contributed by atoms with van der Waals surface area (Å²) >= 11 is 1.61. The van der Waals surface area contributed by atoms with Gasteiger partial charge in [0.25, 0.3) is 0 Å². The Morgan fingerprint density at radius 1 is 1.24 bits per heavy atom. The van der Waals surface area contributed by atoms with Crippen LogP contribution in [0.1, 0.15) is 82.9 Å². The smallest absolute Gasteiger partial charge is 0.309 e. The number of allylic oxidation sites excluding steroid dienone is 1. The first-order valence-corrected chi connectivity index (χ1v) is 14.4. The fourth-order valence-corrected chi connectivity index (χ4v) is 6.51. The lowest BCUT2D eigenvalue weighted by atomic mass is 9.71. The number of cyclic esters (lactones) is 1. The second-order valence-electron chi connectivity index (χ2n) is 11.9. The van der Waals surface area contributed by atoms with Crippen LogP contribution in [0.5, 0.6) is 0 Å². The molecular weight excluding hydrogens is 502 g/mol. The molecule has 3 heterocycles. The highest BCUT2D eigenvalue weighted by atomic mass is 32.1. The molecule has 0 bridgehead atoms. The molecule has 0 spiro atoms. The number of Topliss-reactive ketones (excluding diaryl/α,β-unsaturated/α-hetero) is 1. The first-order chi connectivity index (χ1) is 17.9. The lowest BCUT2D eigenvalue weighted by molar-refractivity contribution is -0.156. The highest BCUT2D eigenvalue weighted by Crippen LogP contribution is 2.47. The van der Waals surface area contributed by atoms with Gasteiger partial charge in [-0.2, -0.15) is 0 Å². The van der Waals surface area contributed by atoms with Crippen molar-refractivity contribution in [1.82, 2.24) is 4.98 Å². The molecule has 0 amide bonds. The second-order valence-corrected chi connectivity index (χ2v) is 13.1. The van der Waals surface area contributed by atoms with Gasteiger partial charge in [-0.05, 0) is 56.7 Å². The standard InChI is InChI=1S/C30H41NO6S/c1-7-9-20-27(34)17(2)10-8-13-30(6)25(37-30)15-22(19-11-12-23-21(14-19)31-18(3)38-23)36-26(33)16-24(32)29(4,5)28(20)35/h7,11-12,14,17,20,22,24-25,27,32,34H,1,8-10,13,15-16H2,2-6H3/t17-,20+,22?,24-,25-,27-,30+/m0/s1. The quantitative estimate of drug-likeness (QED) is 0.301. The summed E-state index contributed by atoms with van der Waals surface area (Å²) in [6.07, 6.45) is 1.71. The van der Waals surface area contributed by atoms with Gasteiger partial charge in [0.15, 0.2) is 0 Å². The van der Waals surface area contributed by atoms with Gasteiger partial charge in [0.05, 0.1) is 51.0 Å². The van der Waals surface area contributed by atoms with E-state index in [2.05, 4.69) is 18.5 Å². The highest BCUT2D eigenvalue weighted by molar-refractivity contribution is 7.18. The number of rotatable bonds is 3. The topological polar surface area (TPSA) is 109 Å². The van der Waals surface area contributed by atoms with Gasteiger partial charge in [-0.3, -0.25) is 9.59 Å². The minimum atomic E-state index is -1.27. The van der Waals surface area contributed by atoms with Crippen molar-refractivity contribution in [2.24, 2.45) is 17.3 Å². The molecule has 1 aromatic heterocycles. The number of ketones is 1.